The molecule has 0 fully saturated rings. The molecule has 0 saturated heterocycles. The summed E-state index contributed by atoms with van der Waals surface area (Å²) in [5.41, 5.74) is 1.40. The van der Waals surface area contributed by atoms with E-state index in [0.29, 0.717) is 34.2 Å². The number of fused-ring (bicyclic) bond motifs is 1. The molecule has 1 aromatic heterocycles. The lowest BCUT2D eigenvalue weighted by atomic mass is 10.0. The molecule has 0 saturated carbocycles. The molecule has 0 aliphatic carbocycles. The van der Waals surface area contributed by atoms with E-state index in [4.69, 9.17) is 4.74 Å². The van der Waals surface area contributed by atoms with Crippen molar-refractivity contribution in [3.8, 4) is 11.6 Å². The van der Waals surface area contributed by atoms with Crippen LogP contribution >= 0.6 is 0 Å². The first-order chi connectivity index (χ1) is 15.0. The van der Waals surface area contributed by atoms with Crippen LogP contribution in [0.4, 0.5) is 11.6 Å². The van der Waals surface area contributed by atoms with Gasteiger partial charge in [0.1, 0.15) is 5.75 Å². The van der Waals surface area contributed by atoms with Crippen molar-refractivity contribution >= 4 is 34.3 Å². The molecule has 31 heavy (non-hydrogen) atoms. The van der Waals surface area contributed by atoms with Crippen LogP contribution in [0.2, 0.25) is 0 Å². The molecule has 154 valence electrons. The van der Waals surface area contributed by atoms with E-state index < -0.39 is 5.97 Å². The van der Waals surface area contributed by atoms with Gasteiger partial charge in [0.05, 0.1) is 5.56 Å². The van der Waals surface area contributed by atoms with Crippen LogP contribution in [0.15, 0.2) is 72.9 Å². The van der Waals surface area contributed by atoms with E-state index in [2.05, 4.69) is 20.6 Å². The first-order valence-electron chi connectivity index (χ1n) is 9.39. The van der Waals surface area contributed by atoms with Gasteiger partial charge < -0.3 is 20.5 Å². The Bertz CT molecular complexity index is 1290. The number of amides is 1. The zero-order chi connectivity index (χ0) is 21.8. The zero-order valence-electron chi connectivity index (χ0n) is 16.5. The number of carbonyl (C=O) groups excluding carboxylic acids is 1. The van der Waals surface area contributed by atoms with Crippen LogP contribution in [-0.4, -0.2) is 34.0 Å². The van der Waals surface area contributed by atoms with Gasteiger partial charge >= 0.3 is 5.97 Å². The van der Waals surface area contributed by atoms with Crippen LogP contribution in [-0.2, 0) is 0 Å². The molecular formula is C23H18N4O4. The molecule has 0 bridgehead atoms. The third-order valence-electron chi connectivity index (χ3n) is 4.54. The van der Waals surface area contributed by atoms with Crippen LogP contribution in [0.1, 0.15) is 20.7 Å². The predicted octanol–water partition coefficient (Wildman–Crippen LogP) is 4.22. The van der Waals surface area contributed by atoms with Gasteiger partial charge in [-0.25, -0.2) is 9.78 Å². The summed E-state index contributed by atoms with van der Waals surface area (Å²) in [6, 6.07) is 18.8. The standard InChI is InChI=1S/C23H18N4O4/c1-24-21(28)15-5-2-6-16(12-15)26-23-25-11-10-20(27-23)31-17-8-9-18-14(13-17)4-3-7-19(18)22(29)30/h2-13H,1H3,(H,24,28)(H,29,30)(H,25,26,27). The van der Waals surface area contributed by atoms with Gasteiger partial charge in [0, 0.05) is 30.6 Å². The van der Waals surface area contributed by atoms with Crippen molar-refractivity contribution in [2.45, 2.75) is 0 Å². The third-order valence-corrected chi connectivity index (χ3v) is 4.54. The van der Waals surface area contributed by atoms with Crippen molar-refractivity contribution in [1.29, 1.82) is 0 Å². The fraction of sp³-hybridized carbons (Fsp3) is 0.0435. The van der Waals surface area contributed by atoms with Crippen molar-refractivity contribution in [1.82, 2.24) is 15.3 Å². The molecule has 1 amide bonds. The Morgan fingerprint density at radius 2 is 1.84 bits per heavy atom. The minimum absolute atomic E-state index is 0.191. The fourth-order valence-corrected chi connectivity index (χ4v) is 3.10. The fourth-order valence-electron chi connectivity index (χ4n) is 3.10. The number of aromatic nitrogens is 2. The number of hydrogen-bond donors (Lipinski definition) is 3. The van der Waals surface area contributed by atoms with Gasteiger partial charge in [0.2, 0.25) is 11.8 Å². The van der Waals surface area contributed by atoms with Gasteiger partial charge in [-0.3, -0.25) is 4.79 Å². The summed E-state index contributed by atoms with van der Waals surface area (Å²) in [6.07, 6.45) is 1.55. The Morgan fingerprint density at radius 3 is 2.65 bits per heavy atom. The second-order valence-corrected chi connectivity index (χ2v) is 6.60. The quantitative estimate of drug-likeness (QED) is 0.433. The average molecular weight is 414 g/mol. The monoisotopic (exact) mass is 414 g/mol. The summed E-state index contributed by atoms with van der Waals surface area (Å²) in [4.78, 5) is 31.7. The normalized spacial score (nSPS) is 10.5. The van der Waals surface area contributed by atoms with Crippen molar-refractivity contribution in [3.63, 3.8) is 0 Å². The molecule has 8 heteroatoms. The highest BCUT2D eigenvalue weighted by Crippen LogP contribution is 2.27. The smallest absolute Gasteiger partial charge is 0.336 e. The second-order valence-electron chi connectivity index (χ2n) is 6.60. The van der Waals surface area contributed by atoms with Crippen LogP contribution in [0, 0.1) is 0 Å². The van der Waals surface area contributed by atoms with E-state index in [1.165, 1.54) is 0 Å². The van der Waals surface area contributed by atoms with Crippen molar-refractivity contribution < 1.29 is 19.4 Å². The topological polar surface area (TPSA) is 113 Å². The summed E-state index contributed by atoms with van der Waals surface area (Å²) in [5, 5.41) is 16.3. The molecular weight excluding hydrogens is 396 g/mol. The number of nitrogens with one attached hydrogen (secondary N) is 2. The molecule has 1 heterocycles. The Morgan fingerprint density at radius 1 is 1.00 bits per heavy atom. The maximum Gasteiger partial charge on any atom is 0.336 e. The molecule has 8 nitrogen and oxygen atoms in total. The lowest BCUT2D eigenvalue weighted by Gasteiger charge is -2.10. The van der Waals surface area contributed by atoms with Gasteiger partial charge in [-0.15, -0.1) is 0 Å². The van der Waals surface area contributed by atoms with Crippen LogP contribution < -0.4 is 15.4 Å². The summed E-state index contributed by atoms with van der Waals surface area (Å²) in [5.74, 6) is -0.0363. The number of nitrogens with zero attached hydrogens (tertiary/aromatic N) is 2. The van der Waals surface area contributed by atoms with Gasteiger partial charge in [0.25, 0.3) is 5.91 Å². The minimum atomic E-state index is -0.980. The Kier molecular flexibility index (Phi) is 5.44. The van der Waals surface area contributed by atoms with Gasteiger partial charge in [-0.1, -0.05) is 18.2 Å². The van der Waals surface area contributed by atoms with E-state index in [1.54, 1.807) is 73.9 Å². The molecule has 4 rings (SSSR count). The molecule has 0 radical (unpaired) electrons. The molecule has 3 aromatic carbocycles. The molecule has 0 atom stereocenters. The minimum Gasteiger partial charge on any atom is -0.478 e. The number of ether oxygens (including phenoxy) is 1. The Labute approximate surface area is 177 Å². The number of aromatic carboxylic acids is 1. The predicted molar refractivity (Wildman–Crippen MR) is 116 cm³/mol. The second kappa shape index (κ2) is 8.50. The van der Waals surface area contributed by atoms with Gasteiger partial charge in [-0.2, -0.15) is 4.98 Å². The molecule has 0 aliphatic heterocycles. The highest BCUT2D eigenvalue weighted by Gasteiger charge is 2.10. The molecule has 4 aromatic rings. The first-order valence-corrected chi connectivity index (χ1v) is 9.39. The third kappa shape index (κ3) is 4.43. The highest BCUT2D eigenvalue weighted by molar-refractivity contribution is 6.03. The highest BCUT2D eigenvalue weighted by atomic mass is 16.5. The zero-order valence-corrected chi connectivity index (χ0v) is 16.5. The number of carbonyl (C=O) groups is 2. The average Bonchev–Trinajstić information content (AvgIpc) is 2.78. The molecule has 0 unspecified atom stereocenters. The maximum atomic E-state index is 11.8. The summed E-state index contributed by atoms with van der Waals surface area (Å²) >= 11 is 0. The summed E-state index contributed by atoms with van der Waals surface area (Å²) in [7, 11) is 1.57. The molecule has 0 spiro atoms. The summed E-state index contributed by atoms with van der Waals surface area (Å²) in [6.45, 7) is 0. The van der Waals surface area contributed by atoms with E-state index in [1.807, 2.05) is 6.07 Å². The molecule has 0 aliphatic rings. The van der Waals surface area contributed by atoms with Crippen molar-refractivity contribution in [2.24, 2.45) is 0 Å². The van der Waals surface area contributed by atoms with E-state index >= 15 is 0 Å². The van der Waals surface area contributed by atoms with E-state index in [-0.39, 0.29) is 11.5 Å². The Hall–Kier alpha value is -4.46. The van der Waals surface area contributed by atoms with Gasteiger partial charge in [-0.05, 0) is 53.2 Å². The van der Waals surface area contributed by atoms with E-state index in [0.717, 1.165) is 5.39 Å². The van der Waals surface area contributed by atoms with Crippen LogP contribution in [0.5, 0.6) is 11.6 Å². The largest absolute Gasteiger partial charge is 0.478 e. The van der Waals surface area contributed by atoms with E-state index in [9.17, 15) is 14.7 Å². The van der Waals surface area contributed by atoms with Gasteiger partial charge in [0.15, 0.2) is 0 Å². The number of anilines is 2. The summed E-state index contributed by atoms with van der Waals surface area (Å²) < 4.78 is 5.84. The number of benzene rings is 3. The maximum absolute atomic E-state index is 11.8. The number of hydrogen-bond acceptors (Lipinski definition) is 6. The Balaban J connectivity index is 1.55. The first kappa shape index (κ1) is 19.8. The van der Waals surface area contributed by atoms with Crippen molar-refractivity contribution in [3.05, 3.63) is 84.1 Å². The number of rotatable bonds is 6. The lowest BCUT2D eigenvalue weighted by Crippen LogP contribution is -2.17. The number of carboxylic acid groups (broad SMARTS) is 1. The van der Waals surface area contributed by atoms with Crippen LogP contribution in [0.25, 0.3) is 10.8 Å². The molecule has 3 N–H and O–H groups in total. The number of carboxylic acids is 1. The lowest BCUT2D eigenvalue weighted by molar-refractivity contribution is 0.0698. The SMILES string of the molecule is CNC(=O)c1cccc(Nc2nccc(Oc3ccc4c(C(=O)O)cccc4c3)n2)c1. The van der Waals surface area contributed by atoms with Crippen molar-refractivity contribution in [2.75, 3.05) is 12.4 Å². The van der Waals surface area contributed by atoms with Crippen LogP contribution in [0.3, 0.4) is 0 Å².